The van der Waals surface area contributed by atoms with Crippen LogP contribution in [0.2, 0.25) is 0 Å². The van der Waals surface area contributed by atoms with Gasteiger partial charge in [-0.1, -0.05) is 12.7 Å². The molecule has 2 fully saturated rings. The summed E-state index contributed by atoms with van der Waals surface area (Å²) in [4.78, 5) is 10.8. The maximum Gasteiger partial charge on any atom is 0.232 e. The highest BCUT2D eigenvalue weighted by Crippen LogP contribution is 2.42. The smallest absolute Gasteiger partial charge is 0.232 e. The Labute approximate surface area is 106 Å². The summed E-state index contributed by atoms with van der Waals surface area (Å²) < 4.78 is 5.36. The number of piperidine rings is 1. The van der Waals surface area contributed by atoms with Gasteiger partial charge in [0.2, 0.25) is 5.88 Å². The Hall–Kier alpha value is -1.46. The second-order valence-corrected chi connectivity index (χ2v) is 4.99. The largest absolute Gasteiger partial charge is 0.472 e. The number of rotatable bonds is 4. The van der Waals surface area contributed by atoms with Gasteiger partial charge in [0, 0.05) is 19.0 Å². The van der Waals surface area contributed by atoms with Crippen molar-refractivity contribution in [1.29, 1.82) is 0 Å². The number of fused-ring (bicyclic) bond motifs is 2. The molecule has 3 atom stereocenters. The molecule has 0 spiro atoms. The Morgan fingerprint density at radius 2 is 2.50 bits per heavy atom. The first-order valence-corrected chi connectivity index (χ1v) is 6.23. The van der Waals surface area contributed by atoms with Crippen LogP contribution in [0.25, 0.3) is 0 Å². The average Bonchev–Trinajstić information content (AvgIpc) is 2.97. The molecule has 0 saturated carbocycles. The van der Waals surface area contributed by atoms with Gasteiger partial charge in [-0.2, -0.15) is 0 Å². The fraction of sp³-hybridized carbons (Fsp3) is 0.538. The molecule has 0 amide bonds. The van der Waals surface area contributed by atoms with Crippen LogP contribution >= 0.6 is 0 Å². The van der Waals surface area contributed by atoms with Crippen LogP contribution in [0.15, 0.2) is 25.0 Å². The summed E-state index contributed by atoms with van der Waals surface area (Å²) in [5.41, 5.74) is -0.241. The number of ether oxygens (including phenoxy) is 1. The highest BCUT2D eigenvalue weighted by molar-refractivity contribution is 5.20. The van der Waals surface area contributed by atoms with Gasteiger partial charge in [-0.05, 0) is 13.0 Å². The first-order chi connectivity index (χ1) is 8.72. The van der Waals surface area contributed by atoms with E-state index in [-0.39, 0.29) is 5.92 Å². The SMILES string of the molecule is C=CCOc1cncc(C2(O)CN3CCC2C3)n1. The molecule has 1 aromatic heterocycles. The predicted molar refractivity (Wildman–Crippen MR) is 66.2 cm³/mol. The molecule has 2 aliphatic heterocycles. The highest BCUT2D eigenvalue weighted by atomic mass is 16.5. The van der Waals surface area contributed by atoms with Crippen LogP contribution < -0.4 is 4.74 Å². The molecular weight excluding hydrogens is 230 g/mol. The summed E-state index contributed by atoms with van der Waals surface area (Å²) in [6.45, 7) is 6.67. The fourth-order valence-electron chi connectivity index (χ4n) is 2.90. The lowest BCUT2D eigenvalue weighted by molar-refractivity contribution is -0.0146. The lowest BCUT2D eigenvalue weighted by atomic mass is 9.85. The molecule has 0 radical (unpaired) electrons. The van der Waals surface area contributed by atoms with Crippen molar-refractivity contribution >= 4 is 0 Å². The molecule has 1 N–H and O–H groups in total. The van der Waals surface area contributed by atoms with Gasteiger partial charge in [0.15, 0.2) is 0 Å². The molecule has 5 heteroatoms. The van der Waals surface area contributed by atoms with Gasteiger partial charge < -0.3 is 9.84 Å². The summed E-state index contributed by atoms with van der Waals surface area (Å²) in [6, 6.07) is 0. The molecule has 2 aliphatic rings. The van der Waals surface area contributed by atoms with Crippen molar-refractivity contribution in [3.63, 3.8) is 0 Å². The van der Waals surface area contributed by atoms with Crippen molar-refractivity contribution in [2.75, 3.05) is 26.2 Å². The van der Waals surface area contributed by atoms with E-state index in [9.17, 15) is 5.11 Å². The van der Waals surface area contributed by atoms with Gasteiger partial charge in [0.1, 0.15) is 12.2 Å². The minimum absolute atomic E-state index is 0.265. The Bertz CT molecular complexity index is 465. The summed E-state index contributed by atoms with van der Waals surface area (Å²) in [7, 11) is 0. The van der Waals surface area contributed by atoms with Crippen LogP contribution in [0.5, 0.6) is 5.88 Å². The number of hydrogen-bond donors (Lipinski definition) is 1. The first kappa shape index (κ1) is 11.6. The normalized spacial score (nSPS) is 33.6. The van der Waals surface area contributed by atoms with Crippen molar-refractivity contribution in [2.24, 2.45) is 5.92 Å². The molecular formula is C13H17N3O2. The molecule has 3 rings (SSSR count). The summed E-state index contributed by atoms with van der Waals surface area (Å²) in [5.74, 6) is 0.708. The van der Waals surface area contributed by atoms with Crippen LogP contribution in [0.1, 0.15) is 12.1 Å². The minimum atomic E-state index is -0.862. The third-order valence-electron chi connectivity index (χ3n) is 3.82. The third kappa shape index (κ3) is 1.79. The van der Waals surface area contributed by atoms with Crippen molar-refractivity contribution in [3.8, 4) is 5.88 Å². The van der Waals surface area contributed by atoms with E-state index in [0.717, 1.165) is 19.5 Å². The Balaban J connectivity index is 1.85. The van der Waals surface area contributed by atoms with Gasteiger partial charge in [0.25, 0.3) is 0 Å². The fourth-order valence-corrected chi connectivity index (χ4v) is 2.90. The van der Waals surface area contributed by atoms with Crippen molar-refractivity contribution in [1.82, 2.24) is 14.9 Å². The van der Waals surface area contributed by atoms with Gasteiger partial charge in [-0.25, -0.2) is 4.98 Å². The van der Waals surface area contributed by atoms with Gasteiger partial charge in [-0.15, -0.1) is 0 Å². The van der Waals surface area contributed by atoms with Gasteiger partial charge >= 0.3 is 0 Å². The van der Waals surface area contributed by atoms with E-state index < -0.39 is 5.60 Å². The number of hydrogen-bond acceptors (Lipinski definition) is 5. The van der Waals surface area contributed by atoms with Gasteiger partial charge in [0.05, 0.1) is 18.1 Å². The molecule has 18 heavy (non-hydrogen) atoms. The Kier molecular flexibility index (Phi) is 2.80. The molecule has 0 aliphatic carbocycles. The zero-order chi connectivity index (χ0) is 12.6. The summed E-state index contributed by atoms with van der Waals surface area (Å²) in [5, 5.41) is 10.8. The minimum Gasteiger partial charge on any atom is -0.472 e. The van der Waals surface area contributed by atoms with E-state index in [1.807, 2.05) is 0 Å². The standard InChI is InChI=1S/C13H17N3O2/c1-2-5-18-12-7-14-6-11(15-12)13(17)9-16-4-3-10(13)8-16/h2,6-7,10,17H,1,3-5,8-9H2. The lowest BCUT2D eigenvalue weighted by Crippen LogP contribution is -2.40. The highest BCUT2D eigenvalue weighted by Gasteiger charge is 2.51. The molecule has 3 unspecified atom stereocenters. The molecule has 3 heterocycles. The van der Waals surface area contributed by atoms with Crippen LogP contribution in [0.4, 0.5) is 0 Å². The van der Waals surface area contributed by atoms with E-state index in [4.69, 9.17) is 4.74 Å². The second-order valence-electron chi connectivity index (χ2n) is 4.99. The average molecular weight is 247 g/mol. The van der Waals surface area contributed by atoms with Crippen molar-refractivity contribution < 1.29 is 9.84 Å². The van der Waals surface area contributed by atoms with Crippen LogP contribution in [0, 0.1) is 5.92 Å². The third-order valence-corrected chi connectivity index (χ3v) is 3.82. The Morgan fingerprint density at radius 1 is 1.61 bits per heavy atom. The molecule has 2 bridgehead atoms. The number of aromatic nitrogens is 2. The first-order valence-electron chi connectivity index (χ1n) is 6.23. The van der Waals surface area contributed by atoms with Crippen LogP contribution in [-0.2, 0) is 5.60 Å². The second kappa shape index (κ2) is 4.33. The molecule has 0 aromatic carbocycles. The predicted octanol–water partition coefficient (Wildman–Crippen LogP) is 0.564. The number of aliphatic hydroxyl groups is 1. The Morgan fingerprint density at radius 3 is 3.17 bits per heavy atom. The molecule has 96 valence electrons. The lowest BCUT2D eigenvalue weighted by Gasteiger charge is -2.31. The maximum absolute atomic E-state index is 10.8. The van der Waals surface area contributed by atoms with Crippen LogP contribution in [0.3, 0.4) is 0 Å². The summed E-state index contributed by atoms with van der Waals surface area (Å²) in [6.07, 6.45) is 5.88. The molecule has 5 nitrogen and oxygen atoms in total. The van der Waals surface area contributed by atoms with E-state index in [2.05, 4.69) is 21.4 Å². The van der Waals surface area contributed by atoms with E-state index in [0.29, 0.717) is 24.7 Å². The monoisotopic (exact) mass is 247 g/mol. The van der Waals surface area contributed by atoms with Crippen LogP contribution in [-0.4, -0.2) is 46.2 Å². The topological polar surface area (TPSA) is 58.5 Å². The van der Waals surface area contributed by atoms with Crippen molar-refractivity contribution in [3.05, 3.63) is 30.7 Å². The van der Waals surface area contributed by atoms with E-state index in [1.165, 1.54) is 0 Å². The van der Waals surface area contributed by atoms with Crippen molar-refractivity contribution in [2.45, 2.75) is 12.0 Å². The van der Waals surface area contributed by atoms with E-state index >= 15 is 0 Å². The summed E-state index contributed by atoms with van der Waals surface area (Å²) >= 11 is 0. The maximum atomic E-state index is 10.8. The van der Waals surface area contributed by atoms with E-state index in [1.54, 1.807) is 18.5 Å². The van der Waals surface area contributed by atoms with Gasteiger partial charge in [-0.3, -0.25) is 9.88 Å². The zero-order valence-corrected chi connectivity index (χ0v) is 10.2. The molecule has 1 aromatic rings. The number of nitrogens with zero attached hydrogens (tertiary/aromatic N) is 3. The quantitative estimate of drug-likeness (QED) is 0.788. The molecule has 2 saturated heterocycles. The zero-order valence-electron chi connectivity index (χ0n) is 10.2.